The second kappa shape index (κ2) is 11.4. The standard InChI is InChI=1S/C46H34N4/c1-5-17-31(18-6-1)43-47-44(32-19-7-2-8-20-32)49-45(48-43)50-41-28-16-14-26-36(41)38-29-40-37(30-42(38)50)35-25-13-15-27-39(35)46(40,33-21-9-3-10-22-33)34-23-11-4-12-24-34/h1-30,43-44,47H,(H,48,49). The van der Waals surface area contributed by atoms with Gasteiger partial charge in [-0.1, -0.05) is 164 Å². The lowest BCUT2D eigenvalue weighted by atomic mass is 9.67. The van der Waals surface area contributed by atoms with Crippen LogP contribution in [0.4, 0.5) is 0 Å². The van der Waals surface area contributed by atoms with Crippen LogP contribution in [-0.4, -0.2) is 10.5 Å². The summed E-state index contributed by atoms with van der Waals surface area (Å²) in [6, 6.07) is 65.7. The van der Waals surface area contributed by atoms with E-state index in [2.05, 4.69) is 197 Å². The van der Waals surface area contributed by atoms with Gasteiger partial charge in [0.15, 0.2) is 0 Å². The fourth-order valence-electron chi connectivity index (χ4n) is 8.41. The van der Waals surface area contributed by atoms with Gasteiger partial charge in [0.2, 0.25) is 5.96 Å². The van der Waals surface area contributed by atoms with Crippen molar-refractivity contribution in [2.24, 2.45) is 4.99 Å². The molecule has 10 rings (SSSR count). The summed E-state index contributed by atoms with van der Waals surface area (Å²) in [6.07, 6.45) is -0.364. The quantitative estimate of drug-likeness (QED) is 0.201. The van der Waals surface area contributed by atoms with Gasteiger partial charge < -0.3 is 5.32 Å². The van der Waals surface area contributed by atoms with Gasteiger partial charge in [-0.3, -0.25) is 9.88 Å². The van der Waals surface area contributed by atoms with Crippen LogP contribution in [-0.2, 0) is 5.41 Å². The summed E-state index contributed by atoms with van der Waals surface area (Å²) in [5, 5.41) is 9.98. The molecule has 4 heteroatoms. The number of para-hydroxylation sites is 1. The molecule has 2 atom stereocenters. The number of aliphatic imine (C=N–C) groups is 1. The summed E-state index contributed by atoms with van der Waals surface area (Å²) in [7, 11) is 0. The van der Waals surface area contributed by atoms with Crippen LogP contribution in [0.2, 0.25) is 0 Å². The van der Waals surface area contributed by atoms with Crippen LogP contribution < -0.4 is 10.6 Å². The average molecular weight is 643 g/mol. The smallest absolute Gasteiger partial charge is 0.206 e. The van der Waals surface area contributed by atoms with Crippen LogP contribution in [0.25, 0.3) is 32.9 Å². The summed E-state index contributed by atoms with van der Waals surface area (Å²) in [6.45, 7) is 0. The zero-order valence-corrected chi connectivity index (χ0v) is 27.4. The molecule has 1 aromatic heterocycles. The fourth-order valence-corrected chi connectivity index (χ4v) is 8.41. The van der Waals surface area contributed by atoms with Gasteiger partial charge in [-0.05, 0) is 62.7 Å². The van der Waals surface area contributed by atoms with Crippen LogP contribution in [0.1, 0.15) is 45.7 Å². The van der Waals surface area contributed by atoms with Crippen molar-refractivity contribution in [2.75, 3.05) is 0 Å². The Labute approximate surface area is 291 Å². The molecule has 7 aromatic carbocycles. The lowest BCUT2D eigenvalue weighted by Gasteiger charge is -2.34. The van der Waals surface area contributed by atoms with Crippen molar-refractivity contribution in [3.63, 3.8) is 0 Å². The minimum Gasteiger partial charge on any atom is -0.336 e. The highest BCUT2D eigenvalue weighted by Gasteiger charge is 2.46. The van der Waals surface area contributed by atoms with Crippen molar-refractivity contribution in [1.82, 2.24) is 15.2 Å². The van der Waals surface area contributed by atoms with Crippen molar-refractivity contribution >= 4 is 27.8 Å². The summed E-state index contributed by atoms with van der Waals surface area (Å²) >= 11 is 0. The van der Waals surface area contributed by atoms with E-state index in [9.17, 15) is 0 Å². The Bertz CT molecular complexity index is 2500. The molecule has 8 aromatic rings. The number of aromatic nitrogens is 1. The predicted molar refractivity (Wildman–Crippen MR) is 204 cm³/mol. The Morgan fingerprint density at radius 2 is 1.06 bits per heavy atom. The van der Waals surface area contributed by atoms with Gasteiger partial charge in [-0.15, -0.1) is 0 Å². The van der Waals surface area contributed by atoms with Crippen molar-refractivity contribution < 1.29 is 0 Å². The Hall–Kier alpha value is -6.23. The van der Waals surface area contributed by atoms with Gasteiger partial charge in [0.25, 0.3) is 0 Å². The zero-order valence-electron chi connectivity index (χ0n) is 27.4. The van der Waals surface area contributed by atoms with Crippen LogP contribution >= 0.6 is 0 Å². The highest BCUT2D eigenvalue weighted by atomic mass is 15.4. The van der Waals surface area contributed by atoms with Gasteiger partial charge in [-0.25, -0.2) is 4.99 Å². The van der Waals surface area contributed by atoms with E-state index < -0.39 is 5.41 Å². The van der Waals surface area contributed by atoms with Gasteiger partial charge in [0.05, 0.1) is 16.4 Å². The Balaban J connectivity index is 1.27. The lowest BCUT2D eigenvalue weighted by molar-refractivity contribution is 0.403. The molecular weight excluding hydrogens is 609 g/mol. The molecule has 2 aliphatic rings. The molecule has 0 amide bonds. The lowest BCUT2D eigenvalue weighted by Crippen LogP contribution is -2.47. The van der Waals surface area contributed by atoms with E-state index in [0.29, 0.717) is 0 Å². The fraction of sp³-hybridized carbons (Fsp3) is 0.0652. The molecule has 4 nitrogen and oxygen atoms in total. The molecule has 50 heavy (non-hydrogen) atoms. The molecule has 2 heterocycles. The number of nitrogens with zero attached hydrogens (tertiary/aromatic N) is 2. The normalized spacial score (nSPS) is 17.6. The van der Waals surface area contributed by atoms with E-state index in [1.165, 1.54) is 44.2 Å². The monoisotopic (exact) mass is 642 g/mol. The SMILES string of the molecule is c1ccc(C2N=C(n3c4ccccc4c4cc5c(cc43)-c3ccccc3C5(c3ccccc3)c3ccccc3)NC(c3ccccc3)N2)cc1. The number of fused-ring (bicyclic) bond motifs is 6. The van der Waals surface area contributed by atoms with Crippen molar-refractivity contribution in [3.05, 3.63) is 215 Å². The number of nitrogens with one attached hydrogen (secondary N) is 2. The molecule has 1 aliphatic carbocycles. The first-order chi connectivity index (χ1) is 24.8. The van der Waals surface area contributed by atoms with E-state index in [1.54, 1.807) is 0 Å². The molecule has 0 fully saturated rings. The van der Waals surface area contributed by atoms with Gasteiger partial charge >= 0.3 is 0 Å². The maximum absolute atomic E-state index is 5.39. The topological polar surface area (TPSA) is 41.4 Å². The van der Waals surface area contributed by atoms with Crippen molar-refractivity contribution in [3.8, 4) is 11.1 Å². The minimum absolute atomic E-state index is 0.135. The third-order valence-corrected chi connectivity index (χ3v) is 10.6. The van der Waals surface area contributed by atoms with Crippen molar-refractivity contribution in [1.29, 1.82) is 0 Å². The third kappa shape index (κ3) is 4.25. The molecule has 0 bridgehead atoms. The summed E-state index contributed by atoms with van der Waals surface area (Å²) < 4.78 is 2.34. The van der Waals surface area contributed by atoms with E-state index in [-0.39, 0.29) is 12.3 Å². The first-order valence-corrected chi connectivity index (χ1v) is 17.3. The summed E-state index contributed by atoms with van der Waals surface area (Å²) in [5.74, 6) is 0.821. The molecule has 0 spiro atoms. The molecule has 0 radical (unpaired) electrons. The highest BCUT2D eigenvalue weighted by Crippen LogP contribution is 2.57. The molecule has 0 saturated heterocycles. The molecular formula is C46H34N4. The van der Waals surface area contributed by atoms with E-state index >= 15 is 0 Å². The first kappa shape index (κ1) is 28.8. The highest BCUT2D eigenvalue weighted by molar-refractivity contribution is 6.15. The Morgan fingerprint density at radius 1 is 0.480 bits per heavy atom. The Morgan fingerprint density at radius 3 is 1.76 bits per heavy atom. The molecule has 1 aliphatic heterocycles. The predicted octanol–water partition coefficient (Wildman–Crippen LogP) is 9.95. The van der Waals surface area contributed by atoms with Crippen LogP contribution in [0.5, 0.6) is 0 Å². The zero-order chi connectivity index (χ0) is 33.1. The average Bonchev–Trinajstić information content (AvgIpc) is 3.68. The molecule has 0 saturated carbocycles. The summed E-state index contributed by atoms with van der Waals surface area (Å²) in [4.78, 5) is 5.39. The van der Waals surface area contributed by atoms with Gasteiger partial charge in [0, 0.05) is 10.8 Å². The van der Waals surface area contributed by atoms with E-state index in [1.807, 2.05) is 0 Å². The first-order valence-electron chi connectivity index (χ1n) is 17.3. The number of hydrogen-bond donors (Lipinski definition) is 2. The Kier molecular flexibility index (Phi) is 6.58. The molecule has 238 valence electrons. The van der Waals surface area contributed by atoms with Crippen LogP contribution in [0.15, 0.2) is 187 Å². The minimum atomic E-state index is -0.465. The maximum atomic E-state index is 5.39. The van der Waals surface area contributed by atoms with Gasteiger partial charge in [-0.2, -0.15) is 0 Å². The third-order valence-electron chi connectivity index (χ3n) is 10.6. The van der Waals surface area contributed by atoms with E-state index in [0.717, 1.165) is 28.1 Å². The molecule has 2 N–H and O–H groups in total. The maximum Gasteiger partial charge on any atom is 0.206 e. The summed E-state index contributed by atoms with van der Waals surface area (Å²) in [5.41, 5.74) is 11.7. The number of benzene rings is 7. The second-order valence-electron chi connectivity index (χ2n) is 13.2. The second-order valence-corrected chi connectivity index (χ2v) is 13.2. The number of rotatable bonds is 4. The molecule has 2 unspecified atom stereocenters. The number of hydrogen-bond acceptors (Lipinski definition) is 3. The van der Waals surface area contributed by atoms with Gasteiger partial charge in [0.1, 0.15) is 12.3 Å². The van der Waals surface area contributed by atoms with Crippen molar-refractivity contribution in [2.45, 2.75) is 17.7 Å². The van der Waals surface area contributed by atoms with Crippen LogP contribution in [0, 0.1) is 0 Å². The van der Waals surface area contributed by atoms with E-state index in [4.69, 9.17) is 4.99 Å². The largest absolute Gasteiger partial charge is 0.336 e. The van der Waals surface area contributed by atoms with Crippen LogP contribution in [0.3, 0.4) is 0 Å².